The predicted molar refractivity (Wildman–Crippen MR) is 51.3 cm³/mol. The van der Waals surface area contributed by atoms with Crippen molar-refractivity contribution in [1.29, 1.82) is 0 Å². The lowest BCUT2D eigenvalue weighted by molar-refractivity contribution is 0.112. The average molecular weight is 176 g/mol. The Bertz CT molecular complexity index is 109. The highest BCUT2D eigenvalue weighted by Crippen LogP contribution is 2.04. The molecule has 0 saturated carbocycles. The van der Waals surface area contributed by atoms with Crippen LogP contribution in [0.1, 0.15) is 20.8 Å². The Labute approximate surface area is 74.9 Å². The van der Waals surface area contributed by atoms with Crippen LogP contribution < -0.4 is 0 Å². The zero-order valence-corrected chi connectivity index (χ0v) is 8.42. The van der Waals surface area contributed by atoms with Crippen molar-refractivity contribution in [3.63, 3.8) is 0 Å². The fourth-order valence-corrected chi connectivity index (χ4v) is 1.60. The largest absolute Gasteiger partial charge is 0.301 e. The first-order valence-electron chi connectivity index (χ1n) is 4.70. The van der Waals surface area contributed by atoms with Crippen LogP contribution in [0.2, 0.25) is 0 Å². The summed E-state index contributed by atoms with van der Waals surface area (Å²) in [7, 11) is 0. The SMILES string of the molecule is CCN1CCN(C(C)C)CC1.F. The first-order chi connectivity index (χ1) is 5.24. The van der Waals surface area contributed by atoms with E-state index < -0.39 is 0 Å². The van der Waals surface area contributed by atoms with Gasteiger partial charge in [-0.15, -0.1) is 0 Å². The molecule has 0 aliphatic carbocycles. The van der Waals surface area contributed by atoms with Crippen molar-refractivity contribution >= 4 is 0 Å². The van der Waals surface area contributed by atoms with Gasteiger partial charge in [0.25, 0.3) is 0 Å². The van der Waals surface area contributed by atoms with E-state index in [0.717, 1.165) is 6.04 Å². The van der Waals surface area contributed by atoms with E-state index in [0.29, 0.717) is 0 Å². The summed E-state index contributed by atoms with van der Waals surface area (Å²) in [6.07, 6.45) is 0. The number of piperazine rings is 1. The molecular formula is C9H21FN2. The Hall–Kier alpha value is -0.150. The van der Waals surface area contributed by atoms with E-state index in [1.165, 1.54) is 32.7 Å². The summed E-state index contributed by atoms with van der Waals surface area (Å²) in [4.78, 5) is 5.06. The van der Waals surface area contributed by atoms with Gasteiger partial charge in [0.05, 0.1) is 0 Å². The molecule has 1 rings (SSSR count). The first kappa shape index (κ1) is 11.8. The van der Waals surface area contributed by atoms with Crippen molar-refractivity contribution in [2.24, 2.45) is 0 Å². The van der Waals surface area contributed by atoms with Crippen LogP contribution in [0, 0.1) is 0 Å². The second kappa shape index (κ2) is 5.49. The number of nitrogens with zero attached hydrogens (tertiary/aromatic N) is 2. The molecule has 0 bridgehead atoms. The van der Waals surface area contributed by atoms with E-state index in [1.54, 1.807) is 0 Å². The number of likely N-dealkylation sites (N-methyl/N-ethyl adjacent to an activating group) is 1. The van der Waals surface area contributed by atoms with Gasteiger partial charge in [0.2, 0.25) is 0 Å². The lowest BCUT2D eigenvalue weighted by Gasteiger charge is -2.36. The van der Waals surface area contributed by atoms with E-state index in [1.807, 2.05) is 0 Å². The Kier molecular flexibility index (Phi) is 5.42. The zero-order valence-electron chi connectivity index (χ0n) is 8.42. The summed E-state index contributed by atoms with van der Waals surface area (Å²) in [6, 6.07) is 0.731. The smallest absolute Gasteiger partial charge is 0.0113 e. The summed E-state index contributed by atoms with van der Waals surface area (Å²) < 4.78 is 0. The molecule has 0 aromatic heterocycles. The molecule has 1 aliphatic rings. The van der Waals surface area contributed by atoms with E-state index in [2.05, 4.69) is 30.6 Å². The number of halogens is 1. The second-order valence-electron chi connectivity index (χ2n) is 3.56. The Morgan fingerprint density at radius 2 is 1.58 bits per heavy atom. The van der Waals surface area contributed by atoms with Crippen LogP contribution in [0.3, 0.4) is 0 Å². The van der Waals surface area contributed by atoms with Crippen molar-refractivity contribution < 1.29 is 4.70 Å². The molecule has 0 unspecified atom stereocenters. The normalized spacial score (nSPS) is 21.0. The van der Waals surface area contributed by atoms with Crippen molar-refractivity contribution in [3.8, 4) is 0 Å². The van der Waals surface area contributed by atoms with Gasteiger partial charge in [0.15, 0.2) is 0 Å². The van der Waals surface area contributed by atoms with Gasteiger partial charge in [0, 0.05) is 32.2 Å². The van der Waals surface area contributed by atoms with Crippen LogP contribution in [0.5, 0.6) is 0 Å². The molecule has 2 nitrogen and oxygen atoms in total. The minimum atomic E-state index is 0. The lowest BCUT2D eigenvalue weighted by Crippen LogP contribution is -2.48. The molecule has 0 atom stereocenters. The third kappa shape index (κ3) is 3.07. The fraction of sp³-hybridized carbons (Fsp3) is 1.00. The Morgan fingerprint density at radius 1 is 1.08 bits per heavy atom. The zero-order chi connectivity index (χ0) is 8.27. The van der Waals surface area contributed by atoms with Crippen LogP contribution in [-0.4, -0.2) is 48.6 Å². The van der Waals surface area contributed by atoms with Crippen molar-refractivity contribution in [2.45, 2.75) is 26.8 Å². The van der Waals surface area contributed by atoms with Crippen LogP contribution in [0.25, 0.3) is 0 Å². The molecule has 0 amide bonds. The van der Waals surface area contributed by atoms with Gasteiger partial charge in [-0.2, -0.15) is 0 Å². The van der Waals surface area contributed by atoms with E-state index in [9.17, 15) is 0 Å². The van der Waals surface area contributed by atoms with Gasteiger partial charge < -0.3 is 4.90 Å². The minimum Gasteiger partial charge on any atom is -0.301 e. The molecule has 0 radical (unpaired) electrons. The average Bonchev–Trinajstić information content (AvgIpc) is 2.05. The summed E-state index contributed by atoms with van der Waals surface area (Å²) in [5.41, 5.74) is 0. The van der Waals surface area contributed by atoms with Gasteiger partial charge in [-0.05, 0) is 20.4 Å². The summed E-state index contributed by atoms with van der Waals surface area (Å²) >= 11 is 0. The van der Waals surface area contributed by atoms with E-state index in [4.69, 9.17) is 0 Å². The minimum absolute atomic E-state index is 0. The fourth-order valence-electron chi connectivity index (χ4n) is 1.60. The molecule has 1 aliphatic heterocycles. The summed E-state index contributed by atoms with van der Waals surface area (Å²) in [6.45, 7) is 13.0. The molecule has 3 heteroatoms. The molecule has 1 heterocycles. The highest BCUT2D eigenvalue weighted by atomic mass is 19.0. The van der Waals surface area contributed by atoms with E-state index >= 15 is 0 Å². The maximum Gasteiger partial charge on any atom is 0.0113 e. The quantitative estimate of drug-likeness (QED) is 0.623. The molecule has 0 aromatic carbocycles. The standard InChI is InChI=1S/C9H20N2.FH/c1-4-10-5-7-11(8-6-10)9(2)3;/h9H,4-8H2,1-3H3;1H. The molecule has 0 aromatic rings. The van der Waals surface area contributed by atoms with Gasteiger partial charge in [0.1, 0.15) is 0 Å². The second-order valence-corrected chi connectivity index (χ2v) is 3.56. The summed E-state index contributed by atoms with van der Waals surface area (Å²) in [5, 5.41) is 0. The monoisotopic (exact) mass is 176 g/mol. The molecule has 74 valence electrons. The third-order valence-corrected chi connectivity index (χ3v) is 2.58. The van der Waals surface area contributed by atoms with Crippen LogP contribution >= 0.6 is 0 Å². The van der Waals surface area contributed by atoms with Gasteiger partial charge in [-0.25, -0.2) is 0 Å². The molecule has 1 fully saturated rings. The predicted octanol–water partition coefficient (Wildman–Crippen LogP) is 1.18. The first-order valence-corrected chi connectivity index (χ1v) is 4.70. The maximum atomic E-state index is 2.55. The maximum absolute atomic E-state index is 2.55. The molecular weight excluding hydrogens is 155 g/mol. The Morgan fingerprint density at radius 3 is 1.92 bits per heavy atom. The molecule has 0 spiro atoms. The third-order valence-electron chi connectivity index (χ3n) is 2.58. The topological polar surface area (TPSA) is 6.48 Å². The van der Waals surface area contributed by atoms with E-state index in [-0.39, 0.29) is 4.70 Å². The molecule has 0 N–H and O–H groups in total. The number of hydrogen-bond acceptors (Lipinski definition) is 2. The van der Waals surface area contributed by atoms with Crippen molar-refractivity contribution in [3.05, 3.63) is 0 Å². The van der Waals surface area contributed by atoms with Crippen molar-refractivity contribution in [2.75, 3.05) is 32.7 Å². The van der Waals surface area contributed by atoms with Gasteiger partial charge in [-0.3, -0.25) is 9.60 Å². The van der Waals surface area contributed by atoms with Crippen LogP contribution in [0.15, 0.2) is 0 Å². The van der Waals surface area contributed by atoms with Crippen LogP contribution in [-0.2, 0) is 0 Å². The molecule has 12 heavy (non-hydrogen) atoms. The van der Waals surface area contributed by atoms with Gasteiger partial charge >= 0.3 is 0 Å². The Balaban J connectivity index is 0.00000121. The number of hydrogen-bond donors (Lipinski definition) is 0. The number of rotatable bonds is 2. The lowest BCUT2D eigenvalue weighted by atomic mass is 10.2. The van der Waals surface area contributed by atoms with Crippen molar-refractivity contribution in [1.82, 2.24) is 9.80 Å². The van der Waals surface area contributed by atoms with Gasteiger partial charge in [-0.1, -0.05) is 6.92 Å². The molecule has 1 saturated heterocycles. The summed E-state index contributed by atoms with van der Waals surface area (Å²) in [5.74, 6) is 0. The highest BCUT2D eigenvalue weighted by molar-refractivity contribution is 4.72. The van der Waals surface area contributed by atoms with Crippen LogP contribution in [0.4, 0.5) is 4.70 Å². The highest BCUT2D eigenvalue weighted by Gasteiger charge is 2.16.